The van der Waals surface area contributed by atoms with Gasteiger partial charge in [-0.3, -0.25) is 4.79 Å². The van der Waals surface area contributed by atoms with Gasteiger partial charge in [-0.2, -0.15) is 0 Å². The third-order valence-corrected chi connectivity index (χ3v) is 4.32. The molecule has 2 unspecified atom stereocenters. The zero-order chi connectivity index (χ0) is 14.7. The molecule has 118 valence electrons. The Morgan fingerprint density at radius 3 is 2.67 bits per heavy atom. The number of nitrogens with zero attached hydrogens (tertiary/aromatic N) is 1. The van der Waals surface area contributed by atoms with Gasteiger partial charge in [-0.25, -0.2) is 0 Å². The number of nitrogens with two attached hydrogens (primary N) is 1. The van der Waals surface area contributed by atoms with Gasteiger partial charge in [0.25, 0.3) is 0 Å². The van der Waals surface area contributed by atoms with Crippen LogP contribution in [0.5, 0.6) is 0 Å². The first kappa shape index (κ1) is 18.0. The van der Waals surface area contributed by atoms with E-state index in [1.54, 1.807) is 4.90 Å². The van der Waals surface area contributed by atoms with Crippen LogP contribution in [0, 0.1) is 5.92 Å². The van der Waals surface area contributed by atoms with Crippen LogP contribution in [0.15, 0.2) is 24.3 Å². The van der Waals surface area contributed by atoms with E-state index < -0.39 is 0 Å². The van der Waals surface area contributed by atoms with Gasteiger partial charge in [-0.05, 0) is 42.9 Å². The molecule has 1 amide bonds. The Bertz CT molecular complexity index is 476. The summed E-state index contributed by atoms with van der Waals surface area (Å²) < 4.78 is 0. The fraction of sp³-hybridized carbons (Fsp3) is 0.588. The van der Waals surface area contributed by atoms with Gasteiger partial charge in [-0.1, -0.05) is 32.4 Å². The number of rotatable bonds is 3. The van der Waals surface area contributed by atoms with Crippen molar-refractivity contribution in [2.75, 3.05) is 11.9 Å². The lowest BCUT2D eigenvalue weighted by molar-refractivity contribution is -0.123. The maximum absolute atomic E-state index is 12.6. The number of carbonyl (C=O) groups is 1. The molecular weight excluding hydrogens is 284 g/mol. The van der Waals surface area contributed by atoms with Crippen LogP contribution in [-0.4, -0.2) is 19.0 Å². The first-order valence-corrected chi connectivity index (χ1v) is 7.62. The molecule has 2 atom stereocenters. The first-order chi connectivity index (χ1) is 9.49. The van der Waals surface area contributed by atoms with Crippen molar-refractivity contribution in [3.63, 3.8) is 0 Å². The Hall–Kier alpha value is -1.06. The molecule has 0 saturated heterocycles. The molecule has 0 heterocycles. The second-order valence-corrected chi connectivity index (χ2v) is 6.27. The predicted octanol–water partition coefficient (Wildman–Crippen LogP) is 3.71. The molecule has 0 aliphatic heterocycles. The van der Waals surface area contributed by atoms with E-state index in [0.29, 0.717) is 5.92 Å². The Kier molecular flexibility index (Phi) is 6.69. The Labute approximate surface area is 134 Å². The standard InChI is InChI=1S/C17H26N2O.ClH/c1-12(2)13-6-5-9-16(11-13)19(3)17(20)14-7-4-8-15(18)10-14;/h5-6,9,11-12,14-15H,4,7-8,10,18H2,1-3H3;1H. The highest BCUT2D eigenvalue weighted by atomic mass is 35.5. The topological polar surface area (TPSA) is 46.3 Å². The number of hydrogen-bond acceptors (Lipinski definition) is 2. The number of hydrogen-bond donors (Lipinski definition) is 1. The van der Waals surface area contributed by atoms with Crippen LogP contribution < -0.4 is 10.6 Å². The van der Waals surface area contributed by atoms with Gasteiger partial charge < -0.3 is 10.6 Å². The molecule has 0 spiro atoms. The normalized spacial score (nSPS) is 21.8. The van der Waals surface area contributed by atoms with Crippen LogP contribution in [0.25, 0.3) is 0 Å². The van der Waals surface area contributed by atoms with Gasteiger partial charge in [0, 0.05) is 24.7 Å². The summed E-state index contributed by atoms with van der Waals surface area (Å²) in [6, 6.07) is 8.45. The lowest BCUT2D eigenvalue weighted by Gasteiger charge is -2.29. The SMILES string of the molecule is CC(C)c1cccc(N(C)C(=O)C2CCCC(N)C2)c1.Cl. The summed E-state index contributed by atoms with van der Waals surface area (Å²) in [6.45, 7) is 4.34. The molecule has 1 aromatic rings. The minimum Gasteiger partial charge on any atom is -0.328 e. The lowest BCUT2D eigenvalue weighted by Crippen LogP contribution is -2.38. The van der Waals surface area contributed by atoms with Crippen molar-refractivity contribution in [1.82, 2.24) is 0 Å². The second-order valence-electron chi connectivity index (χ2n) is 6.27. The first-order valence-electron chi connectivity index (χ1n) is 7.62. The van der Waals surface area contributed by atoms with Crippen molar-refractivity contribution in [2.24, 2.45) is 11.7 Å². The van der Waals surface area contributed by atoms with E-state index in [-0.39, 0.29) is 30.3 Å². The summed E-state index contributed by atoms with van der Waals surface area (Å²) in [6.07, 6.45) is 3.92. The average molecular weight is 311 g/mol. The number of amides is 1. The maximum atomic E-state index is 12.6. The summed E-state index contributed by atoms with van der Waals surface area (Å²) in [5, 5.41) is 0. The van der Waals surface area contributed by atoms with Crippen molar-refractivity contribution in [3.8, 4) is 0 Å². The molecule has 1 aliphatic rings. The largest absolute Gasteiger partial charge is 0.328 e. The predicted molar refractivity (Wildman–Crippen MR) is 91.1 cm³/mol. The molecule has 2 rings (SSSR count). The molecule has 1 fully saturated rings. The van der Waals surface area contributed by atoms with Crippen LogP contribution in [0.4, 0.5) is 5.69 Å². The molecule has 21 heavy (non-hydrogen) atoms. The van der Waals surface area contributed by atoms with E-state index in [0.717, 1.165) is 31.4 Å². The van der Waals surface area contributed by atoms with Crippen LogP contribution in [-0.2, 0) is 4.79 Å². The second kappa shape index (κ2) is 7.81. The monoisotopic (exact) mass is 310 g/mol. The number of carbonyl (C=O) groups excluding carboxylic acids is 1. The van der Waals surface area contributed by atoms with Crippen LogP contribution in [0.2, 0.25) is 0 Å². The summed E-state index contributed by atoms with van der Waals surface area (Å²) in [5.74, 6) is 0.772. The van der Waals surface area contributed by atoms with E-state index in [9.17, 15) is 4.79 Å². The van der Waals surface area contributed by atoms with Crippen LogP contribution in [0.1, 0.15) is 51.0 Å². The van der Waals surface area contributed by atoms with Crippen molar-refractivity contribution >= 4 is 24.0 Å². The van der Waals surface area contributed by atoms with Crippen molar-refractivity contribution in [3.05, 3.63) is 29.8 Å². The number of halogens is 1. The van der Waals surface area contributed by atoms with E-state index in [1.807, 2.05) is 19.2 Å². The molecule has 1 aliphatic carbocycles. The van der Waals surface area contributed by atoms with Crippen molar-refractivity contribution in [1.29, 1.82) is 0 Å². The van der Waals surface area contributed by atoms with Gasteiger partial charge in [-0.15, -0.1) is 12.4 Å². The molecule has 2 N–H and O–H groups in total. The summed E-state index contributed by atoms with van der Waals surface area (Å²) in [7, 11) is 1.88. The molecule has 0 aromatic heterocycles. The Balaban J connectivity index is 0.00000220. The molecule has 0 radical (unpaired) electrons. The van der Waals surface area contributed by atoms with Gasteiger partial charge in [0.2, 0.25) is 5.91 Å². The van der Waals surface area contributed by atoms with E-state index in [1.165, 1.54) is 5.56 Å². The Morgan fingerprint density at radius 2 is 2.05 bits per heavy atom. The average Bonchev–Trinajstić information content (AvgIpc) is 2.45. The minimum absolute atomic E-state index is 0. The molecule has 3 nitrogen and oxygen atoms in total. The van der Waals surface area contributed by atoms with Gasteiger partial charge in [0.15, 0.2) is 0 Å². The highest BCUT2D eigenvalue weighted by Crippen LogP contribution is 2.27. The van der Waals surface area contributed by atoms with Crippen molar-refractivity contribution in [2.45, 2.75) is 51.5 Å². The van der Waals surface area contributed by atoms with Crippen molar-refractivity contribution < 1.29 is 4.79 Å². The lowest BCUT2D eigenvalue weighted by atomic mass is 9.85. The molecule has 4 heteroatoms. The third-order valence-electron chi connectivity index (χ3n) is 4.32. The summed E-state index contributed by atoms with van der Waals surface area (Å²) in [5.41, 5.74) is 8.25. The van der Waals surface area contributed by atoms with E-state index >= 15 is 0 Å². The maximum Gasteiger partial charge on any atom is 0.229 e. The van der Waals surface area contributed by atoms with Gasteiger partial charge in [0.05, 0.1) is 0 Å². The van der Waals surface area contributed by atoms with Gasteiger partial charge >= 0.3 is 0 Å². The molecule has 0 bridgehead atoms. The zero-order valence-corrected chi connectivity index (χ0v) is 14.0. The summed E-state index contributed by atoms with van der Waals surface area (Å²) in [4.78, 5) is 14.4. The quantitative estimate of drug-likeness (QED) is 0.925. The highest BCUT2D eigenvalue weighted by Gasteiger charge is 2.28. The summed E-state index contributed by atoms with van der Waals surface area (Å²) >= 11 is 0. The number of benzene rings is 1. The van der Waals surface area contributed by atoms with Gasteiger partial charge in [0.1, 0.15) is 0 Å². The smallest absolute Gasteiger partial charge is 0.229 e. The highest BCUT2D eigenvalue weighted by molar-refractivity contribution is 5.94. The van der Waals surface area contributed by atoms with E-state index in [4.69, 9.17) is 5.73 Å². The minimum atomic E-state index is 0. The third kappa shape index (κ3) is 4.45. The molecule has 1 saturated carbocycles. The fourth-order valence-electron chi connectivity index (χ4n) is 2.95. The van der Waals surface area contributed by atoms with Crippen LogP contribution >= 0.6 is 12.4 Å². The Morgan fingerprint density at radius 1 is 1.33 bits per heavy atom. The molecule has 1 aromatic carbocycles. The van der Waals surface area contributed by atoms with Crippen LogP contribution in [0.3, 0.4) is 0 Å². The van der Waals surface area contributed by atoms with E-state index in [2.05, 4.69) is 26.0 Å². The molecular formula is C17H27ClN2O. The zero-order valence-electron chi connectivity index (χ0n) is 13.2. The fourth-order valence-corrected chi connectivity index (χ4v) is 2.95. The number of anilines is 1.